The molecule has 0 radical (unpaired) electrons. The van der Waals surface area contributed by atoms with E-state index in [4.69, 9.17) is 11.6 Å². The van der Waals surface area contributed by atoms with E-state index in [1.165, 1.54) is 45.3 Å². The van der Waals surface area contributed by atoms with Crippen LogP contribution in [0.5, 0.6) is 0 Å². The van der Waals surface area contributed by atoms with E-state index < -0.39 is 21.7 Å². The van der Waals surface area contributed by atoms with E-state index in [2.05, 4.69) is 25.3 Å². The summed E-state index contributed by atoms with van der Waals surface area (Å²) in [6, 6.07) is 5.27. The number of pyridine rings is 1. The fourth-order valence-electron chi connectivity index (χ4n) is 2.75. The number of amides is 2. The van der Waals surface area contributed by atoms with Gasteiger partial charge >= 0.3 is 0 Å². The van der Waals surface area contributed by atoms with E-state index in [9.17, 15) is 22.4 Å². The van der Waals surface area contributed by atoms with Crippen molar-refractivity contribution in [1.82, 2.24) is 15.3 Å². The Labute approximate surface area is 192 Å². The number of carbonyl (C=O) groups excluding carboxylic acids is 2. The van der Waals surface area contributed by atoms with Crippen LogP contribution in [0.15, 0.2) is 35.5 Å². The molecule has 0 aliphatic rings. The number of carbonyl (C=O) groups is 2. The molecule has 0 saturated heterocycles. The van der Waals surface area contributed by atoms with Gasteiger partial charge in [0.15, 0.2) is 10.2 Å². The van der Waals surface area contributed by atoms with Crippen LogP contribution in [0.3, 0.4) is 0 Å². The molecule has 168 valence electrons. The number of nitrogens with zero attached hydrogens (tertiary/aromatic N) is 2. The van der Waals surface area contributed by atoms with Gasteiger partial charge < -0.3 is 10.6 Å². The second kappa shape index (κ2) is 9.18. The van der Waals surface area contributed by atoms with Crippen molar-refractivity contribution >= 4 is 55.6 Å². The van der Waals surface area contributed by atoms with E-state index in [1.807, 2.05) is 0 Å². The van der Waals surface area contributed by atoms with Gasteiger partial charge in [0.2, 0.25) is 5.91 Å². The molecule has 3 rings (SSSR count). The first kappa shape index (κ1) is 23.6. The minimum absolute atomic E-state index is 0.0915. The molecule has 2 heterocycles. The van der Waals surface area contributed by atoms with Crippen molar-refractivity contribution in [3.05, 3.63) is 51.7 Å². The number of nitrogens with one attached hydrogen (secondary N) is 3. The van der Waals surface area contributed by atoms with Gasteiger partial charge in [-0.2, -0.15) is 8.42 Å². The number of hydrogen-bond acceptors (Lipinski definition) is 7. The molecule has 0 bridgehead atoms. The SMILES string of the molecule is CNC(=O)c1sc(NS(=O)(=O)c2ncc(NC(C)=O)cc2C)nc1-c1ccc(F)c(Cl)c1. The van der Waals surface area contributed by atoms with Crippen molar-refractivity contribution in [2.75, 3.05) is 17.1 Å². The lowest BCUT2D eigenvalue weighted by Crippen LogP contribution is -2.17. The van der Waals surface area contributed by atoms with Crippen LogP contribution in [0, 0.1) is 12.7 Å². The first-order valence-corrected chi connectivity index (χ1v) is 11.6. The molecule has 0 aliphatic carbocycles. The zero-order valence-corrected chi connectivity index (χ0v) is 19.4. The number of anilines is 2. The third kappa shape index (κ3) is 5.03. The Bertz CT molecular complexity index is 1330. The maximum Gasteiger partial charge on any atom is 0.281 e. The highest BCUT2D eigenvalue weighted by molar-refractivity contribution is 7.92. The highest BCUT2D eigenvalue weighted by atomic mass is 35.5. The van der Waals surface area contributed by atoms with Crippen molar-refractivity contribution in [2.24, 2.45) is 0 Å². The van der Waals surface area contributed by atoms with E-state index in [1.54, 1.807) is 0 Å². The molecule has 0 atom stereocenters. The van der Waals surface area contributed by atoms with E-state index in [-0.39, 0.29) is 37.2 Å². The lowest BCUT2D eigenvalue weighted by atomic mass is 10.1. The van der Waals surface area contributed by atoms with Gasteiger partial charge in [-0.05, 0) is 36.8 Å². The largest absolute Gasteiger partial charge is 0.354 e. The molecule has 0 fully saturated rings. The summed E-state index contributed by atoms with van der Waals surface area (Å²) in [5.41, 5.74) is 1.11. The Balaban J connectivity index is 1.99. The number of halogens is 2. The molecule has 2 aromatic heterocycles. The highest BCUT2D eigenvalue weighted by Crippen LogP contribution is 2.34. The summed E-state index contributed by atoms with van der Waals surface area (Å²) in [4.78, 5) is 31.8. The quantitative estimate of drug-likeness (QED) is 0.478. The van der Waals surface area contributed by atoms with Crippen molar-refractivity contribution in [2.45, 2.75) is 18.9 Å². The maximum absolute atomic E-state index is 13.5. The van der Waals surface area contributed by atoms with Crippen LogP contribution in [0.2, 0.25) is 5.02 Å². The fraction of sp³-hybridized carbons (Fsp3) is 0.158. The van der Waals surface area contributed by atoms with Crippen LogP contribution in [0.25, 0.3) is 11.3 Å². The van der Waals surface area contributed by atoms with Gasteiger partial charge in [-0.1, -0.05) is 22.9 Å². The minimum atomic E-state index is -4.17. The van der Waals surface area contributed by atoms with Crippen molar-refractivity contribution in [3.8, 4) is 11.3 Å². The van der Waals surface area contributed by atoms with Crippen LogP contribution in [0.4, 0.5) is 15.2 Å². The highest BCUT2D eigenvalue weighted by Gasteiger charge is 2.25. The van der Waals surface area contributed by atoms with Gasteiger partial charge in [0, 0.05) is 19.5 Å². The zero-order chi connectivity index (χ0) is 23.6. The Kier molecular flexibility index (Phi) is 6.77. The van der Waals surface area contributed by atoms with Crippen LogP contribution in [-0.4, -0.2) is 37.2 Å². The fourth-order valence-corrected chi connectivity index (χ4v) is 5.26. The Morgan fingerprint density at radius 2 is 1.94 bits per heavy atom. The molecule has 1 aromatic carbocycles. The molecule has 0 spiro atoms. The molecule has 0 aliphatic heterocycles. The molecule has 2 amide bonds. The number of rotatable bonds is 6. The van der Waals surface area contributed by atoms with Crippen molar-refractivity contribution in [1.29, 1.82) is 0 Å². The maximum atomic E-state index is 13.5. The Hall–Kier alpha value is -3.09. The average Bonchev–Trinajstić information content (AvgIpc) is 3.11. The van der Waals surface area contributed by atoms with Crippen LogP contribution in [-0.2, 0) is 14.8 Å². The molecular weight excluding hydrogens is 481 g/mol. The van der Waals surface area contributed by atoms with Gasteiger partial charge in [0.05, 0.1) is 22.6 Å². The summed E-state index contributed by atoms with van der Waals surface area (Å²) in [7, 11) is -2.75. The number of aryl methyl sites for hydroxylation is 1. The van der Waals surface area contributed by atoms with Gasteiger partial charge in [-0.3, -0.25) is 14.3 Å². The minimum Gasteiger partial charge on any atom is -0.354 e. The summed E-state index contributed by atoms with van der Waals surface area (Å²) in [6.07, 6.45) is 1.21. The smallest absolute Gasteiger partial charge is 0.281 e. The first-order chi connectivity index (χ1) is 15.0. The standard InChI is InChI=1S/C19H17ClFN5O4S2/c1-9-6-12(24-10(2)27)8-23-18(9)32(29,30)26-19-25-15(16(31-19)17(28)22-3)11-4-5-14(21)13(20)7-11/h4-8H,1-3H3,(H,22,28)(H,24,27)(H,25,26). The van der Waals surface area contributed by atoms with Crippen molar-refractivity contribution < 1.29 is 22.4 Å². The third-order valence-corrected chi connectivity index (χ3v) is 6.87. The molecule has 9 nitrogen and oxygen atoms in total. The molecule has 13 heteroatoms. The normalized spacial score (nSPS) is 11.2. The summed E-state index contributed by atoms with van der Waals surface area (Å²) < 4.78 is 41.6. The lowest BCUT2D eigenvalue weighted by molar-refractivity contribution is -0.114. The van der Waals surface area contributed by atoms with Gasteiger partial charge in [-0.15, -0.1) is 0 Å². The van der Waals surface area contributed by atoms with Gasteiger partial charge in [-0.25, -0.2) is 14.4 Å². The van der Waals surface area contributed by atoms with Crippen molar-refractivity contribution in [3.63, 3.8) is 0 Å². The van der Waals surface area contributed by atoms with Crippen LogP contribution in [0.1, 0.15) is 22.2 Å². The molecule has 0 unspecified atom stereocenters. The number of aromatic nitrogens is 2. The van der Waals surface area contributed by atoms with E-state index in [0.717, 1.165) is 17.4 Å². The molecule has 0 saturated carbocycles. The average molecular weight is 498 g/mol. The molecule has 32 heavy (non-hydrogen) atoms. The van der Waals surface area contributed by atoms with Crippen LogP contribution < -0.4 is 15.4 Å². The molecular formula is C19H17ClFN5O4S2. The van der Waals surface area contributed by atoms with Gasteiger partial charge in [0.1, 0.15) is 10.7 Å². The lowest BCUT2D eigenvalue weighted by Gasteiger charge is -2.09. The predicted octanol–water partition coefficient (Wildman–Crippen LogP) is 3.42. The topological polar surface area (TPSA) is 130 Å². The third-order valence-electron chi connectivity index (χ3n) is 4.08. The number of sulfonamides is 1. The number of hydrogen-bond donors (Lipinski definition) is 3. The zero-order valence-electron chi connectivity index (χ0n) is 17.0. The monoisotopic (exact) mass is 497 g/mol. The summed E-state index contributed by atoms with van der Waals surface area (Å²) in [5, 5.41) is 4.45. The summed E-state index contributed by atoms with van der Waals surface area (Å²) in [6.45, 7) is 2.84. The molecule has 3 N–H and O–H groups in total. The first-order valence-electron chi connectivity index (χ1n) is 8.97. The Morgan fingerprint density at radius 3 is 2.53 bits per heavy atom. The van der Waals surface area contributed by atoms with E-state index in [0.29, 0.717) is 11.3 Å². The van der Waals surface area contributed by atoms with Crippen LogP contribution >= 0.6 is 22.9 Å². The summed E-state index contributed by atoms with van der Waals surface area (Å²) in [5.74, 6) is -1.47. The molecule has 3 aromatic rings. The second-order valence-electron chi connectivity index (χ2n) is 6.54. The van der Waals surface area contributed by atoms with E-state index >= 15 is 0 Å². The van der Waals surface area contributed by atoms with Gasteiger partial charge in [0.25, 0.3) is 15.9 Å². The predicted molar refractivity (Wildman–Crippen MR) is 120 cm³/mol. The second-order valence-corrected chi connectivity index (χ2v) is 9.54. The number of benzene rings is 1. The summed E-state index contributed by atoms with van der Waals surface area (Å²) >= 11 is 6.64. The number of thiazole rings is 1. The Morgan fingerprint density at radius 1 is 1.22 bits per heavy atom.